The fraction of sp³-hybridized carbons (Fsp3) is 0.500. The summed E-state index contributed by atoms with van der Waals surface area (Å²) in [5.74, 6) is 0. The van der Waals surface area contributed by atoms with Crippen LogP contribution in [0.15, 0.2) is 6.07 Å². The molecule has 11 heavy (non-hydrogen) atoms. The van der Waals surface area contributed by atoms with Crippen LogP contribution in [0.5, 0.6) is 0 Å². The Bertz CT molecular complexity index is 225. The number of hydrogen-bond donors (Lipinski definition) is 1. The van der Waals surface area contributed by atoms with Crippen molar-refractivity contribution in [3.8, 4) is 0 Å². The number of thiophene rings is 1. The molecule has 0 unspecified atom stereocenters. The van der Waals surface area contributed by atoms with E-state index in [0.29, 0.717) is 0 Å². The van der Waals surface area contributed by atoms with Gasteiger partial charge in [0, 0.05) is 4.88 Å². The molecule has 1 nitrogen and oxygen atoms in total. The first-order valence-electron chi connectivity index (χ1n) is 3.59. The van der Waals surface area contributed by atoms with E-state index in [9.17, 15) is 5.11 Å². The number of hydrogen-bond acceptors (Lipinski definition) is 2. The van der Waals surface area contributed by atoms with Gasteiger partial charge in [-0.2, -0.15) is 0 Å². The number of aryl methyl sites for hydroxylation is 1. The average Bonchev–Trinajstić information content (AvgIpc) is 2.31. The fourth-order valence-electron chi connectivity index (χ4n) is 0.849. The molecule has 1 atom stereocenters. The number of rotatable bonds is 2. The summed E-state index contributed by atoms with van der Waals surface area (Å²) < 4.78 is 0.785. The molecule has 1 rings (SSSR count). The van der Waals surface area contributed by atoms with E-state index >= 15 is 0 Å². The molecule has 0 radical (unpaired) electrons. The Morgan fingerprint density at radius 3 is 2.73 bits per heavy atom. The van der Waals surface area contributed by atoms with Crippen LogP contribution < -0.4 is 0 Å². The van der Waals surface area contributed by atoms with Gasteiger partial charge in [-0.25, -0.2) is 0 Å². The predicted octanol–water partition coefficient (Wildman–Crippen LogP) is 3.15. The number of aliphatic hydroxyl groups is 1. The standard InChI is InChI=1S/C8H11ClOS/c1-3-6(10)7-4-5(2)8(9)11-7/h4,6,10H,3H2,1-2H3/t6-/m0/s1. The van der Waals surface area contributed by atoms with Gasteiger partial charge in [-0.15, -0.1) is 11.3 Å². The van der Waals surface area contributed by atoms with Gasteiger partial charge in [0.2, 0.25) is 0 Å². The maximum absolute atomic E-state index is 9.42. The summed E-state index contributed by atoms with van der Waals surface area (Å²) in [5.41, 5.74) is 1.05. The molecule has 62 valence electrons. The Labute approximate surface area is 75.6 Å². The Hall–Kier alpha value is -0.0500. The molecule has 1 heterocycles. The minimum Gasteiger partial charge on any atom is -0.388 e. The Morgan fingerprint density at radius 1 is 1.73 bits per heavy atom. The maximum Gasteiger partial charge on any atom is 0.0961 e. The van der Waals surface area contributed by atoms with Crippen molar-refractivity contribution < 1.29 is 5.11 Å². The zero-order chi connectivity index (χ0) is 8.43. The SMILES string of the molecule is CC[C@H](O)c1cc(C)c(Cl)s1. The molecular formula is C8H11ClOS. The van der Waals surface area contributed by atoms with E-state index in [1.807, 2.05) is 19.9 Å². The van der Waals surface area contributed by atoms with Crippen molar-refractivity contribution in [3.05, 3.63) is 20.8 Å². The molecule has 0 aromatic carbocycles. The van der Waals surface area contributed by atoms with Gasteiger partial charge in [-0.3, -0.25) is 0 Å². The highest BCUT2D eigenvalue weighted by atomic mass is 35.5. The van der Waals surface area contributed by atoms with Crippen LogP contribution in [0.3, 0.4) is 0 Å². The van der Waals surface area contributed by atoms with Crippen LogP contribution in [0.1, 0.15) is 29.9 Å². The summed E-state index contributed by atoms with van der Waals surface area (Å²) in [6.45, 7) is 3.90. The van der Waals surface area contributed by atoms with E-state index in [4.69, 9.17) is 11.6 Å². The third-order valence-corrected chi connectivity index (χ3v) is 3.25. The second-order valence-electron chi connectivity index (χ2n) is 2.53. The molecule has 1 aromatic heterocycles. The predicted molar refractivity (Wildman–Crippen MR) is 49.3 cm³/mol. The first-order chi connectivity index (χ1) is 5.15. The largest absolute Gasteiger partial charge is 0.388 e. The van der Waals surface area contributed by atoms with Gasteiger partial charge in [0.25, 0.3) is 0 Å². The van der Waals surface area contributed by atoms with Crippen molar-refractivity contribution in [2.75, 3.05) is 0 Å². The highest BCUT2D eigenvalue weighted by Crippen LogP contribution is 2.31. The average molecular weight is 191 g/mol. The minimum absolute atomic E-state index is 0.341. The molecule has 0 aliphatic heterocycles. The highest BCUT2D eigenvalue weighted by molar-refractivity contribution is 7.16. The molecule has 1 aromatic rings. The third kappa shape index (κ3) is 1.95. The van der Waals surface area contributed by atoms with Crippen LogP contribution in [-0.2, 0) is 0 Å². The quantitative estimate of drug-likeness (QED) is 0.760. The van der Waals surface area contributed by atoms with Crippen LogP contribution >= 0.6 is 22.9 Å². The molecule has 0 bridgehead atoms. The summed E-state index contributed by atoms with van der Waals surface area (Å²) in [7, 11) is 0. The van der Waals surface area contributed by atoms with Crippen LogP contribution in [0.4, 0.5) is 0 Å². The van der Waals surface area contributed by atoms with Gasteiger partial charge < -0.3 is 5.11 Å². The fourth-order valence-corrected chi connectivity index (χ4v) is 2.14. The van der Waals surface area contributed by atoms with Crippen molar-refractivity contribution >= 4 is 22.9 Å². The zero-order valence-electron chi connectivity index (χ0n) is 6.60. The summed E-state index contributed by atoms with van der Waals surface area (Å²) >= 11 is 7.30. The van der Waals surface area contributed by atoms with Gasteiger partial charge >= 0.3 is 0 Å². The molecule has 1 N–H and O–H groups in total. The Morgan fingerprint density at radius 2 is 2.36 bits per heavy atom. The number of aliphatic hydroxyl groups excluding tert-OH is 1. The second kappa shape index (κ2) is 3.57. The molecule has 0 saturated carbocycles. The smallest absolute Gasteiger partial charge is 0.0961 e. The monoisotopic (exact) mass is 190 g/mol. The lowest BCUT2D eigenvalue weighted by molar-refractivity contribution is 0.177. The highest BCUT2D eigenvalue weighted by Gasteiger charge is 2.09. The first-order valence-corrected chi connectivity index (χ1v) is 4.78. The lowest BCUT2D eigenvalue weighted by Crippen LogP contribution is -1.89. The molecule has 0 aliphatic carbocycles. The second-order valence-corrected chi connectivity index (χ2v) is 4.22. The van der Waals surface area contributed by atoms with Crippen LogP contribution in [0.2, 0.25) is 4.34 Å². The molecule has 0 aliphatic rings. The van der Waals surface area contributed by atoms with Crippen LogP contribution in [-0.4, -0.2) is 5.11 Å². The summed E-state index contributed by atoms with van der Waals surface area (Å²) in [5, 5.41) is 9.42. The zero-order valence-corrected chi connectivity index (χ0v) is 8.17. The van der Waals surface area contributed by atoms with E-state index in [-0.39, 0.29) is 6.10 Å². The van der Waals surface area contributed by atoms with Crippen molar-refractivity contribution in [2.45, 2.75) is 26.4 Å². The lowest BCUT2D eigenvalue weighted by atomic mass is 10.2. The summed E-state index contributed by atoms with van der Waals surface area (Å²) in [6.07, 6.45) is 0.405. The Kier molecular flexibility index (Phi) is 2.93. The van der Waals surface area contributed by atoms with E-state index in [1.54, 1.807) is 0 Å². The van der Waals surface area contributed by atoms with Crippen molar-refractivity contribution in [3.63, 3.8) is 0 Å². The molecular weight excluding hydrogens is 180 g/mol. The van der Waals surface area contributed by atoms with Crippen molar-refractivity contribution in [1.82, 2.24) is 0 Å². The van der Waals surface area contributed by atoms with Gasteiger partial charge in [0.15, 0.2) is 0 Å². The molecule has 0 spiro atoms. The number of halogens is 1. The molecule has 0 amide bonds. The van der Waals surface area contributed by atoms with Crippen LogP contribution in [0, 0.1) is 6.92 Å². The summed E-state index contributed by atoms with van der Waals surface area (Å²) in [6, 6.07) is 1.95. The van der Waals surface area contributed by atoms with E-state index in [0.717, 1.165) is 21.2 Å². The molecule has 3 heteroatoms. The van der Waals surface area contributed by atoms with E-state index in [2.05, 4.69) is 0 Å². The minimum atomic E-state index is -0.341. The normalized spacial score (nSPS) is 13.5. The third-order valence-electron chi connectivity index (χ3n) is 1.59. The van der Waals surface area contributed by atoms with Crippen molar-refractivity contribution in [2.24, 2.45) is 0 Å². The summed E-state index contributed by atoms with van der Waals surface area (Å²) in [4.78, 5) is 0.968. The topological polar surface area (TPSA) is 20.2 Å². The van der Waals surface area contributed by atoms with Gasteiger partial charge in [0.1, 0.15) is 0 Å². The van der Waals surface area contributed by atoms with E-state index in [1.165, 1.54) is 11.3 Å². The van der Waals surface area contributed by atoms with Gasteiger partial charge in [-0.1, -0.05) is 18.5 Å². The maximum atomic E-state index is 9.42. The molecule has 0 fully saturated rings. The molecule has 0 saturated heterocycles. The van der Waals surface area contributed by atoms with Crippen LogP contribution in [0.25, 0.3) is 0 Å². The van der Waals surface area contributed by atoms with E-state index < -0.39 is 0 Å². The van der Waals surface area contributed by atoms with Gasteiger partial charge in [-0.05, 0) is 25.0 Å². The first kappa shape index (κ1) is 9.04. The lowest BCUT2D eigenvalue weighted by Gasteiger charge is -2.01. The van der Waals surface area contributed by atoms with Crippen molar-refractivity contribution in [1.29, 1.82) is 0 Å². The van der Waals surface area contributed by atoms with Gasteiger partial charge in [0.05, 0.1) is 10.4 Å². The Balaban J connectivity index is 2.88.